The standard InChI is InChI=1S/C13H17IN2O2/c1-8-3-4-9(5-11(8)14)16-13(17)10-6-18-7-12(10)15-2/h3-5,10,12,15H,6-7H2,1-2H3,(H,16,17). The van der Waals surface area contributed by atoms with Gasteiger partial charge in [-0.15, -0.1) is 0 Å². The molecule has 5 heteroatoms. The molecule has 1 aliphatic heterocycles. The van der Waals surface area contributed by atoms with Crippen molar-refractivity contribution in [1.29, 1.82) is 0 Å². The fourth-order valence-electron chi connectivity index (χ4n) is 2.00. The largest absolute Gasteiger partial charge is 0.379 e. The average molecular weight is 360 g/mol. The summed E-state index contributed by atoms with van der Waals surface area (Å²) >= 11 is 2.27. The number of carbonyl (C=O) groups is 1. The minimum atomic E-state index is -0.117. The lowest BCUT2D eigenvalue weighted by Crippen LogP contribution is -2.39. The number of hydrogen-bond acceptors (Lipinski definition) is 3. The van der Waals surface area contributed by atoms with Crippen molar-refractivity contribution < 1.29 is 9.53 Å². The van der Waals surface area contributed by atoms with Gasteiger partial charge in [0.25, 0.3) is 0 Å². The van der Waals surface area contributed by atoms with Crippen molar-refractivity contribution in [3.63, 3.8) is 0 Å². The summed E-state index contributed by atoms with van der Waals surface area (Å²) in [7, 11) is 1.86. The number of ether oxygens (including phenoxy) is 1. The van der Waals surface area contributed by atoms with E-state index in [4.69, 9.17) is 4.74 Å². The molecule has 98 valence electrons. The number of likely N-dealkylation sites (N-methyl/N-ethyl adjacent to an activating group) is 1. The van der Waals surface area contributed by atoms with Crippen LogP contribution in [0.25, 0.3) is 0 Å². The fraction of sp³-hybridized carbons (Fsp3) is 0.462. The van der Waals surface area contributed by atoms with Gasteiger partial charge in [-0.05, 0) is 54.3 Å². The van der Waals surface area contributed by atoms with Crippen LogP contribution in [0.3, 0.4) is 0 Å². The number of nitrogens with one attached hydrogen (secondary N) is 2. The predicted molar refractivity (Wildman–Crippen MR) is 79.7 cm³/mol. The molecule has 0 radical (unpaired) electrons. The molecule has 1 amide bonds. The molecule has 0 aromatic heterocycles. The molecular weight excluding hydrogens is 343 g/mol. The topological polar surface area (TPSA) is 50.4 Å². The normalized spacial score (nSPS) is 23.1. The highest BCUT2D eigenvalue weighted by molar-refractivity contribution is 14.1. The number of amides is 1. The van der Waals surface area contributed by atoms with Crippen LogP contribution in [0.5, 0.6) is 0 Å². The third-order valence-corrected chi connectivity index (χ3v) is 4.39. The van der Waals surface area contributed by atoms with Gasteiger partial charge in [-0.2, -0.15) is 0 Å². The Morgan fingerprint density at radius 1 is 1.44 bits per heavy atom. The van der Waals surface area contributed by atoms with Crippen LogP contribution in [0.15, 0.2) is 18.2 Å². The molecule has 2 atom stereocenters. The number of rotatable bonds is 3. The Morgan fingerprint density at radius 2 is 2.22 bits per heavy atom. The molecule has 1 heterocycles. The Morgan fingerprint density at radius 3 is 2.89 bits per heavy atom. The van der Waals surface area contributed by atoms with Crippen LogP contribution in [0.2, 0.25) is 0 Å². The van der Waals surface area contributed by atoms with Crippen molar-refractivity contribution in [1.82, 2.24) is 5.32 Å². The first-order chi connectivity index (χ1) is 8.61. The molecule has 1 aromatic rings. The number of aryl methyl sites for hydroxylation is 1. The van der Waals surface area contributed by atoms with E-state index in [9.17, 15) is 4.79 Å². The van der Waals surface area contributed by atoms with Gasteiger partial charge < -0.3 is 15.4 Å². The van der Waals surface area contributed by atoms with E-state index >= 15 is 0 Å². The summed E-state index contributed by atoms with van der Waals surface area (Å²) in [6, 6.07) is 6.03. The molecule has 0 aliphatic carbocycles. The van der Waals surface area contributed by atoms with Gasteiger partial charge in [-0.3, -0.25) is 4.79 Å². The Kier molecular flexibility index (Phi) is 4.58. The van der Waals surface area contributed by atoms with Gasteiger partial charge in [0.05, 0.1) is 19.1 Å². The zero-order valence-corrected chi connectivity index (χ0v) is 12.7. The van der Waals surface area contributed by atoms with Crippen molar-refractivity contribution in [2.45, 2.75) is 13.0 Å². The summed E-state index contributed by atoms with van der Waals surface area (Å²) in [5.74, 6) is -0.0968. The summed E-state index contributed by atoms with van der Waals surface area (Å²) in [6.45, 7) is 3.13. The van der Waals surface area contributed by atoms with Crippen molar-refractivity contribution in [2.75, 3.05) is 25.6 Å². The van der Waals surface area contributed by atoms with E-state index in [1.807, 2.05) is 25.2 Å². The van der Waals surface area contributed by atoms with Gasteiger partial charge >= 0.3 is 0 Å². The lowest BCUT2D eigenvalue weighted by atomic mass is 10.0. The first-order valence-electron chi connectivity index (χ1n) is 5.94. The number of hydrogen-bond donors (Lipinski definition) is 2. The quantitative estimate of drug-likeness (QED) is 0.808. The van der Waals surface area contributed by atoms with Crippen LogP contribution >= 0.6 is 22.6 Å². The summed E-state index contributed by atoms with van der Waals surface area (Å²) in [5.41, 5.74) is 2.06. The second kappa shape index (κ2) is 5.99. The van der Waals surface area contributed by atoms with E-state index in [-0.39, 0.29) is 17.9 Å². The van der Waals surface area contributed by atoms with Crippen LogP contribution in [-0.2, 0) is 9.53 Å². The van der Waals surface area contributed by atoms with Crippen molar-refractivity contribution in [2.24, 2.45) is 5.92 Å². The van der Waals surface area contributed by atoms with E-state index in [0.717, 1.165) is 9.26 Å². The third-order valence-electron chi connectivity index (χ3n) is 3.23. The van der Waals surface area contributed by atoms with Crippen LogP contribution in [0.4, 0.5) is 5.69 Å². The van der Waals surface area contributed by atoms with Crippen molar-refractivity contribution in [3.8, 4) is 0 Å². The lowest BCUT2D eigenvalue weighted by molar-refractivity contribution is -0.120. The molecule has 0 bridgehead atoms. The predicted octanol–water partition coefficient (Wildman–Crippen LogP) is 1.77. The van der Waals surface area contributed by atoms with Gasteiger partial charge in [0.1, 0.15) is 0 Å². The molecule has 4 nitrogen and oxygen atoms in total. The zero-order chi connectivity index (χ0) is 13.1. The number of halogens is 1. The van der Waals surface area contributed by atoms with Gasteiger partial charge in [0, 0.05) is 15.3 Å². The molecule has 0 spiro atoms. The maximum Gasteiger partial charge on any atom is 0.231 e. The zero-order valence-electron chi connectivity index (χ0n) is 10.5. The highest BCUT2D eigenvalue weighted by Crippen LogP contribution is 2.20. The van der Waals surface area contributed by atoms with Gasteiger partial charge in [-0.25, -0.2) is 0 Å². The van der Waals surface area contributed by atoms with Gasteiger partial charge in [0.15, 0.2) is 0 Å². The molecule has 18 heavy (non-hydrogen) atoms. The van der Waals surface area contributed by atoms with E-state index in [0.29, 0.717) is 13.2 Å². The molecule has 1 aromatic carbocycles. The molecule has 0 saturated carbocycles. The monoisotopic (exact) mass is 360 g/mol. The number of anilines is 1. The molecular formula is C13H17IN2O2. The summed E-state index contributed by atoms with van der Waals surface area (Å²) in [4.78, 5) is 12.1. The highest BCUT2D eigenvalue weighted by atomic mass is 127. The highest BCUT2D eigenvalue weighted by Gasteiger charge is 2.32. The SMILES string of the molecule is CNC1COCC1C(=O)Nc1ccc(C)c(I)c1. The van der Waals surface area contributed by atoms with E-state index in [1.54, 1.807) is 0 Å². The van der Waals surface area contributed by atoms with Crippen LogP contribution < -0.4 is 10.6 Å². The minimum absolute atomic E-state index is 0.0199. The molecule has 1 saturated heterocycles. The second-order valence-electron chi connectivity index (χ2n) is 4.49. The first-order valence-corrected chi connectivity index (χ1v) is 7.01. The van der Waals surface area contributed by atoms with E-state index in [2.05, 4.69) is 40.1 Å². The van der Waals surface area contributed by atoms with Crippen LogP contribution in [0.1, 0.15) is 5.56 Å². The van der Waals surface area contributed by atoms with Crippen molar-refractivity contribution in [3.05, 3.63) is 27.3 Å². The van der Waals surface area contributed by atoms with Gasteiger partial charge in [-0.1, -0.05) is 6.07 Å². The van der Waals surface area contributed by atoms with E-state index < -0.39 is 0 Å². The third kappa shape index (κ3) is 3.02. The fourth-order valence-corrected chi connectivity index (χ4v) is 2.52. The van der Waals surface area contributed by atoms with Gasteiger partial charge in [0.2, 0.25) is 5.91 Å². The summed E-state index contributed by atoms with van der Waals surface area (Å²) in [6.07, 6.45) is 0. The first kappa shape index (κ1) is 13.8. The summed E-state index contributed by atoms with van der Waals surface area (Å²) < 4.78 is 6.49. The maximum absolute atomic E-state index is 12.1. The maximum atomic E-state index is 12.1. The number of carbonyl (C=O) groups excluding carboxylic acids is 1. The number of benzene rings is 1. The molecule has 1 aliphatic rings. The average Bonchev–Trinajstić information content (AvgIpc) is 2.82. The Balaban J connectivity index is 2.04. The summed E-state index contributed by atoms with van der Waals surface area (Å²) in [5, 5.41) is 6.07. The minimum Gasteiger partial charge on any atom is -0.379 e. The second-order valence-corrected chi connectivity index (χ2v) is 5.65. The van der Waals surface area contributed by atoms with Crippen LogP contribution in [-0.4, -0.2) is 32.2 Å². The lowest BCUT2D eigenvalue weighted by Gasteiger charge is -2.16. The Labute approximate surface area is 121 Å². The van der Waals surface area contributed by atoms with E-state index in [1.165, 1.54) is 5.56 Å². The molecule has 2 N–H and O–H groups in total. The van der Waals surface area contributed by atoms with Crippen molar-refractivity contribution >= 4 is 34.2 Å². The van der Waals surface area contributed by atoms with Crippen LogP contribution in [0, 0.1) is 16.4 Å². The Hall–Kier alpha value is -0.660. The molecule has 2 unspecified atom stereocenters. The molecule has 2 rings (SSSR count). The Bertz CT molecular complexity index is 451. The smallest absolute Gasteiger partial charge is 0.231 e. The molecule has 1 fully saturated rings.